The third-order valence-corrected chi connectivity index (χ3v) is 6.67. The molecule has 1 saturated carbocycles. The molecule has 0 amide bonds. The van der Waals surface area contributed by atoms with E-state index in [4.69, 9.17) is 4.74 Å². The second kappa shape index (κ2) is 7.47. The van der Waals surface area contributed by atoms with Gasteiger partial charge in [0.15, 0.2) is 0 Å². The van der Waals surface area contributed by atoms with E-state index in [-0.39, 0.29) is 4.90 Å². The average molecular weight is 353 g/mol. The highest BCUT2D eigenvalue weighted by molar-refractivity contribution is 7.89. The van der Waals surface area contributed by atoms with E-state index < -0.39 is 15.6 Å². The molecule has 2 aliphatic rings. The number of nitrogens with zero attached hydrogens (tertiary/aromatic N) is 2. The van der Waals surface area contributed by atoms with E-state index in [1.165, 1.54) is 19.0 Å². The molecule has 1 aliphatic carbocycles. The summed E-state index contributed by atoms with van der Waals surface area (Å²) in [6, 6.07) is 3.23. The first-order valence-electron chi connectivity index (χ1n) is 8.68. The Morgan fingerprint density at radius 1 is 1.38 bits per heavy atom. The summed E-state index contributed by atoms with van der Waals surface area (Å²) in [4.78, 5) is 6.63. The van der Waals surface area contributed by atoms with Gasteiger partial charge < -0.3 is 9.64 Å². The van der Waals surface area contributed by atoms with E-state index >= 15 is 0 Å². The molecule has 1 N–H and O–H groups in total. The van der Waals surface area contributed by atoms with Crippen LogP contribution < -0.4 is 4.72 Å². The molecule has 6 nitrogen and oxygen atoms in total. The standard InChI is InChI=1S/C17H27N3O3S/c1-23-12-8-17(6-10-20(11-7-17)14-15-4-5-15)19-24(21,22)16-3-2-9-18-13-16/h2-3,9,13,15,19H,4-8,10-12,14H2,1H3. The quantitative estimate of drug-likeness (QED) is 0.769. The van der Waals surface area contributed by atoms with Crippen LogP contribution in [0.3, 0.4) is 0 Å². The third-order valence-electron chi connectivity index (χ3n) is 5.11. The van der Waals surface area contributed by atoms with Crippen LogP contribution in [0.1, 0.15) is 32.1 Å². The maximum atomic E-state index is 12.7. The van der Waals surface area contributed by atoms with Crippen LogP contribution in [0, 0.1) is 5.92 Å². The number of methoxy groups -OCH3 is 1. The number of hydrogen-bond donors (Lipinski definition) is 1. The number of hydrogen-bond acceptors (Lipinski definition) is 5. The molecule has 134 valence electrons. The van der Waals surface area contributed by atoms with Crippen LogP contribution in [0.15, 0.2) is 29.4 Å². The van der Waals surface area contributed by atoms with Gasteiger partial charge in [-0.15, -0.1) is 0 Å². The first kappa shape index (κ1) is 17.8. The van der Waals surface area contributed by atoms with E-state index in [9.17, 15) is 8.42 Å². The van der Waals surface area contributed by atoms with E-state index in [1.807, 2.05) is 0 Å². The molecule has 0 aromatic carbocycles. The van der Waals surface area contributed by atoms with Crippen LogP contribution in [-0.4, -0.2) is 57.2 Å². The maximum Gasteiger partial charge on any atom is 0.242 e. The minimum absolute atomic E-state index is 0.224. The highest BCUT2D eigenvalue weighted by Crippen LogP contribution is 2.33. The molecule has 1 aromatic heterocycles. The number of nitrogens with one attached hydrogen (secondary N) is 1. The molecule has 2 fully saturated rings. The Morgan fingerprint density at radius 2 is 2.12 bits per heavy atom. The third kappa shape index (κ3) is 4.53. The number of aromatic nitrogens is 1. The topological polar surface area (TPSA) is 71.5 Å². The molecule has 24 heavy (non-hydrogen) atoms. The van der Waals surface area contributed by atoms with E-state index in [0.717, 1.165) is 38.4 Å². The lowest BCUT2D eigenvalue weighted by atomic mass is 9.85. The summed E-state index contributed by atoms with van der Waals surface area (Å²) in [5.74, 6) is 0.864. The van der Waals surface area contributed by atoms with E-state index in [0.29, 0.717) is 13.0 Å². The van der Waals surface area contributed by atoms with Gasteiger partial charge in [0.1, 0.15) is 4.90 Å². The Balaban J connectivity index is 1.69. The summed E-state index contributed by atoms with van der Waals surface area (Å²) in [5, 5.41) is 0. The SMILES string of the molecule is COCCC1(NS(=O)(=O)c2cccnc2)CCN(CC2CC2)CC1. The number of likely N-dealkylation sites (tertiary alicyclic amines) is 1. The predicted molar refractivity (Wildman–Crippen MR) is 92.2 cm³/mol. The van der Waals surface area contributed by atoms with Crippen molar-refractivity contribution >= 4 is 10.0 Å². The van der Waals surface area contributed by atoms with Crippen LogP contribution in [0.25, 0.3) is 0 Å². The first-order chi connectivity index (χ1) is 11.5. The minimum Gasteiger partial charge on any atom is -0.385 e. The first-order valence-corrected chi connectivity index (χ1v) is 10.2. The molecule has 0 spiro atoms. The molecule has 0 unspecified atom stereocenters. The number of ether oxygens (including phenoxy) is 1. The molecule has 0 bridgehead atoms. The van der Waals surface area contributed by atoms with Crippen LogP contribution in [0.2, 0.25) is 0 Å². The van der Waals surface area contributed by atoms with Gasteiger partial charge in [0, 0.05) is 38.2 Å². The monoisotopic (exact) mass is 353 g/mol. The van der Waals surface area contributed by atoms with Crippen molar-refractivity contribution in [1.29, 1.82) is 0 Å². The molecule has 2 heterocycles. The molecular weight excluding hydrogens is 326 g/mol. The molecule has 1 aromatic rings. The van der Waals surface area contributed by atoms with Crippen molar-refractivity contribution in [1.82, 2.24) is 14.6 Å². The number of piperidine rings is 1. The van der Waals surface area contributed by atoms with E-state index in [1.54, 1.807) is 25.4 Å². The van der Waals surface area contributed by atoms with Crippen LogP contribution in [-0.2, 0) is 14.8 Å². The van der Waals surface area contributed by atoms with Gasteiger partial charge in [-0.3, -0.25) is 4.98 Å². The lowest BCUT2D eigenvalue weighted by molar-refractivity contribution is 0.105. The molecule has 3 rings (SSSR count). The van der Waals surface area contributed by atoms with Gasteiger partial charge in [-0.05, 0) is 63.2 Å². The molecule has 1 saturated heterocycles. The summed E-state index contributed by atoms with van der Waals surface area (Å²) in [6.45, 7) is 3.60. The largest absolute Gasteiger partial charge is 0.385 e. The van der Waals surface area contributed by atoms with Crippen molar-refractivity contribution in [2.75, 3.05) is 33.4 Å². The molecule has 0 atom stereocenters. The molecule has 7 heteroatoms. The van der Waals surface area contributed by atoms with Crippen LogP contribution >= 0.6 is 0 Å². The van der Waals surface area contributed by atoms with Crippen molar-refractivity contribution in [3.8, 4) is 0 Å². The fraction of sp³-hybridized carbons (Fsp3) is 0.706. The highest BCUT2D eigenvalue weighted by atomic mass is 32.2. The van der Waals surface area contributed by atoms with Gasteiger partial charge in [-0.1, -0.05) is 0 Å². The fourth-order valence-corrected chi connectivity index (χ4v) is 4.83. The Hall–Kier alpha value is -1.02. The predicted octanol–water partition coefficient (Wildman–Crippen LogP) is 1.64. The van der Waals surface area contributed by atoms with Gasteiger partial charge in [0.05, 0.1) is 0 Å². The lowest BCUT2D eigenvalue weighted by Crippen LogP contribution is -2.55. The van der Waals surface area contributed by atoms with Crippen molar-refractivity contribution in [3.05, 3.63) is 24.5 Å². The Labute approximate surface area is 144 Å². The van der Waals surface area contributed by atoms with Crippen molar-refractivity contribution in [3.63, 3.8) is 0 Å². The van der Waals surface area contributed by atoms with Crippen molar-refractivity contribution in [2.45, 2.75) is 42.5 Å². The highest BCUT2D eigenvalue weighted by Gasteiger charge is 2.39. The van der Waals surface area contributed by atoms with Gasteiger partial charge in [-0.25, -0.2) is 13.1 Å². The Kier molecular flexibility index (Phi) is 5.54. The summed E-state index contributed by atoms with van der Waals surface area (Å²) in [7, 11) is -1.91. The van der Waals surface area contributed by atoms with Gasteiger partial charge in [0.25, 0.3) is 0 Å². The zero-order chi connectivity index (χ0) is 17.0. The number of sulfonamides is 1. The maximum absolute atomic E-state index is 12.7. The zero-order valence-corrected chi connectivity index (χ0v) is 15.1. The Bertz CT molecular complexity index is 624. The summed E-state index contributed by atoms with van der Waals surface area (Å²) >= 11 is 0. The van der Waals surface area contributed by atoms with Gasteiger partial charge >= 0.3 is 0 Å². The van der Waals surface area contributed by atoms with Crippen molar-refractivity contribution in [2.24, 2.45) is 5.92 Å². The normalized spacial score (nSPS) is 21.7. The lowest BCUT2D eigenvalue weighted by Gasteiger charge is -2.42. The molecule has 0 radical (unpaired) electrons. The van der Waals surface area contributed by atoms with Gasteiger partial charge in [-0.2, -0.15) is 0 Å². The number of rotatable bonds is 8. The summed E-state index contributed by atoms with van der Waals surface area (Å²) in [6.07, 6.45) is 8.01. The van der Waals surface area contributed by atoms with Gasteiger partial charge in [0.2, 0.25) is 10.0 Å². The minimum atomic E-state index is -3.56. The van der Waals surface area contributed by atoms with E-state index in [2.05, 4.69) is 14.6 Å². The molecule has 1 aliphatic heterocycles. The van der Waals surface area contributed by atoms with Crippen LogP contribution in [0.4, 0.5) is 0 Å². The average Bonchev–Trinajstić information content (AvgIpc) is 3.40. The number of pyridine rings is 1. The zero-order valence-electron chi connectivity index (χ0n) is 14.3. The smallest absolute Gasteiger partial charge is 0.242 e. The second-order valence-electron chi connectivity index (χ2n) is 7.06. The van der Waals surface area contributed by atoms with Crippen LogP contribution in [0.5, 0.6) is 0 Å². The Morgan fingerprint density at radius 3 is 2.71 bits per heavy atom. The fourth-order valence-electron chi connectivity index (χ4n) is 3.38. The summed E-state index contributed by atoms with van der Waals surface area (Å²) < 4.78 is 33.7. The molecular formula is C17H27N3O3S. The second-order valence-corrected chi connectivity index (χ2v) is 8.74. The summed E-state index contributed by atoms with van der Waals surface area (Å²) in [5.41, 5.74) is -0.426. The van der Waals surface area contributed by atoms with Crippen molar-refractivity contribution < 1.29 is 13.2 Å².